The fourth-order valence-electron chi connectivity index (χ4n) is 2.29. The van der Waals surface area contributed by atoms with Crippen LogP contribution in [0.4, 0.5) is 11.6 Å². The molecule has 0 bridgehead atoms. The van der Waals surface area contributed by atoms with Gasteiger partial charge in [-0.25, -0.2) is 9.97 Å². The number of hydrogen-bond donors (Lipinski definition) is 2. The van der Waals surface area contributed by atoms with Crippen molar-refractivity contribution in [2.45, 2.75) is 24.7 Å². The topological polar surface area (TPSA) is 94.5 Å². The van der Waals surface area contributed by atoms with E-state index in [1.807, 2.05) is 29.0 Å². The highest BCUT2D eigenvalue weighted by Gasteiger charge is 2.06. The number of thioether (sulfide) groups is 1. The molecule has 2 aromatic heterocycles. The Morgan fingerprint density at radius 1 is 1.21 bits per heavy atom. The van der Waals surface area contributed by atoms with Crippen LogP contribution in [0.2, 0.25) is 0 Å². The quantitative estimate of drug-likeness (QED) is 0.502. The number of nitrogens with two attached hydrogens (primary N) is 1. The summed E-state index contributed by atoms with van der Waals surface area (Å²) in [6.45, 7) is 1.36. The van der Waals surface area contributed by atoms with Gasteiger partial charge in [-0.05, 0) is 18.2 Å². The van der Waals surface area contributed by atoms with Crippen LogP contribution < -0.4 is 11.1 Å². The minimum absolute atomic E-state index is 0.447. The van der Waals surface area contributed by atoms with Gasteiger partial charge in [-0.15, -0.1) is 10.2 Å². The van der Waals surface area contributed by atoms with Crippen molar-refractivity contribution in [1.82, 2.24) is 24.7 Å². The zero-order chi connectivity index (χ0) is 16.8. The van der Waals surface area contributed by atoms with Gasteiger partial charge < -0.3 is 15.6 Å². The summed E-state index contributed by atoms with van der Waals surface area (Å²) in [7, 11) is 0. The normalized spacial score (nSPS) is 10.7. The molecule has 0 aliphatic heterocycles. The van der Waals surface area contributed by atoms with Crippen LogP contribution in [-0.2, 0) is 19.5 Å². The molecule has 3 aromatic rings. The number of rotatable bonds is 7. The molecule has 0 saturated carbocycles. The fraction of sp³-hybridized carbons (Fsp3) is 0.250. The number of hydrogen-bond acceptors (Lipinski definition) is 7. The monoisotopic (exact) mass is 341 g/mol. The van der Waals surface area contributed by atoms with E-state index in [9.17, 15) is 0 Å². The average Bonchev–Trinajstić information content (AvgIpc) is 3.06. The standard InChI is InChI=1S/C16H19N7S/c1-24-16-20-13(17)9-14(21-16)18-10-15-22-19-11-23(15)8-7-12-5-3-2-4-6-12/h2-6,9,11H,7-8,10H2,1H3,(H3,17,18,20,21). The fourth-order valence-corrected chi connectivity index (χ4v) is 2.68. The van der Waals surface area contributed by atoms with Gasteiger partial charge in [-0.3, -0.25) is 0 Å². The number of anilines is 2. The van der Waals surface area contributed by atoms with E-state index < -0.39 is 0 Å². The molecule has 0 amide bonds. The van der Waals surface area contributed by atoms with Gasteiger partial charge in [0, 0.05) is 12.6 Å². The van der Waals surface area contributed by atoms with Crippen molar-refractivity contribution in [3.05, 3.63) is 54.1 Å². The van der Waals surface area contributed by atoms with Gasteiger partial charge >= 0.3 is 0 Å². The molecule has 7 nitrogen and oxygen atoms in total. The Hall–Kier alpha value is -2.61. The molecule has 0 unspecified atom stereocenters. The third-order valence-electron chi connectivity index (χ3n) is 3.52. The predicted octanol–water partition coefficient (Wildman–Crippen LogP) is 2.23. The van der Waals surface area contributed by atoms with Crippen LogP contribution in [0.3, 0.4) is 0 Å². The Balaban J connectivity index is 1.62. The second kappa shape index (κ2) is 7.78. The molecular formula is C16H19N7S. The average molecular weight is 341 g/mol. The number of benzene rings is 1. The van der Waals surface area contributed by atoms with Crippen molar-refractivity contribution in [2.24, 2.45) is 0 Å². The van der Waals surface area contributed by atoms with Crippen LogP contribution in [0.5, 0.6) is 0 Å². The first-order valence-corrected chi connectivity index (χ1v) is 8.80. The van der Waals surface area contributed by atoms with Gasteiger partial charge in [0.05, 0.1) is 6.54 Å². The molecule has 2 heterocycles. The zero-order valence-corrected chi connectivity index (χ0v) is 14.2. The minimum atomic E-state index is 0.447. The smallest absolute Gasteiger partial charge is 0.191 e. The lowest BCUT2D eigenvalue weighted by atomic mass is 10.1. The third-order valence-corrected chi connectivity index (χ3v) is 4.06. The Kier molecular flexibility index (Phi) is 5.27. The first kappa shape index (κ1) is 16.3. The Morgan fingerprint density at radius 3 is 2.83 bits per heavy atom. The lowest BCUT2D eigenvalue weighted by Crippen LogP contribution is -2.11. The van der Waals surface area contributed by atoms with Crippen molar-refractivity contribution >= 4 is 23.4 Å². The molecule has 1 aromatic carbocycles. The van der Waals surface area contributed by atoms with Crippen LogP contribution in [0.25, 0.3) is 0 Å². The number of aryl methyl sites for hydroxylation is 2. The molecule has 0 spiro atoms. The highest BCUT2D eigenvalue weighted by Crippen LogP contribution is 2.15. The summed E-state index contributed by atoms with van der Waals surface area (Å²) in [6.07, 6.45) is 4.60. The van der Waals surface area contributed by atoms with E-state index in [2.05, 4.69) is 37.6 Å². The largest absolute Gasteiger partial charge is 0.383 e. The van der Waals surface area contributed by atoms with E-state index in [0.717, 1.165) is 18.8 Å². The Morgan fingerprint density at radius 2 is 2.04 bits per heavy atom. The minimum Gasteiger partial charge on any atom is -0.383 e. The predicted molar refractivity (Wildman–Crippen MR) is 95.7 cm³/mol. The van der Waals surface area contributed by atoms with Gasteiger partial charge in [0.25, 0.3) is 0 Å². The van der Waals surface area contributed by atoms with E-state index >= 15 is 0 Å². The van der Waals surface area contributed by atoms with Crippen LogP contribution in [0, 0.1) is 0 Å². The van der Waals surface area contributed by atoms with Crippen LogP contribution in [0.1, 0.15) is 11.4 Å². The first-order chi connectivity index (χ1) is 11.7. The van der Waals surface area contributed by atoms with Crippen molar-refractivity contribution in [3.8, 4) is 0 Å². The molecule has 0 atom stereocenters. The van der Waals surface area contributed by atoms with Gasteiger partial charge in [-0.1, -0.05) is 42.1 Å². The van der Waals surface area contributed by atoms with Crippen molar-refractivity contribution < 1.29 is 0 Å². The Bertz CT molecular complexity index is 788. The molecule has 0 saturated heterocycles. The Labute approximate surface area is 144 Å². The number of aromatic nitrogens is 5. The molecular weight excluding hydrogens is 322 g/mol. The van der Waals surface area contributed by atoms with Gasteiger partial charge in [0.1, 0.15) is 18.0 Å². The maximum absolute atomic E-state index is 5.79. The first-order valence-electron chi connectivity index (χ1n) is 7.57. The molecule has 0 aliphatic rings. The maximum Gasteiger partial charge on any atom is 0.191 e. The molecule has 3 N–H and O–H groups in total. The van der Waals surface area contributed by atoms with Crippen LogP contribution in [0.15, 0.2) is 47.9 Å². The summed E-state index contributed by atoms with van der Waals surface area (Å²) >= 11 is 1.45. The highest BCUT2D eigenvalue weighted by molar-refractivity contribution is 7.98. The number of nitrogens with one attached hydrogen (secondary N) is 1. The van der Waals surface area contributed by atoms with Gasteiger partial charge in [0.15, 0.2) is 11.0 Å². The molecule has 3 rings (SSSR count). The molecule has 24 heavy (non-hydrogen) atoms. The number of nitrogens with zero attached hydrogens (tertiary/aromatic N) is 5. The molecule has 0 aliphatic carbocycles. The van der Waals surface area contributed by atoms with E-state index in [1.165, 1.54) is 17.3 Å². The zero-order valence-electron chi connectivity index (χ0n) is 13.4. The molecule has 124 valence electrons. The molecule has 8 heteroatoms. The SMILES string of the molecule is CSc1nc(N)cc(NCc2nncn2CCc2ccccc2)n1. The van der Waals surface area contributed by atoms with Crippen LogP contribution >= 0.6 is 11.8 Å². The summed E-state index contributed by atoms with van der Waals surface area (Å²) in [4.78, 5) is 8.51. The second-order valence-corrected chi connectivity index (χ2v) is 5.97. The summed E-state index contributed by atoms with van der Waals surface area (Å²) < 4.78 is 2.04. The van der Waals surface area contributed by atoms with Crippen molar-refractivity contribution in [2.75, 3.05) is 17.3 Å². The van der Waals surface area contributed by atoms with E-state index in [1.54, 1.807) is 12.4 Å². The van der Waals surface area contributed by atoms with E-state index in [0.29, 0.717) is 23.3 Å². The van der Waals surface area contributed by atoms with E-state index in [-0.39, 0.29) is 0 Å². The molecule has 0 fully saturated rings. The summed E-state index contributed by atoms with van der Waals surface area (Å²) in [5.74, 6) is 1.99. The van der Waals surface area contributed by atoms with Gasteiger partial charge in [0.2, 0.25) is 0 Å². The lowest BCUT2D eigenvalue weighted by Gasteiger charge is -2.09. The van der Waals surface area contributed by atoms with Crippen molar-refractivity contribution in [3.63, 3.8) is 0 Å². The summed E-state index contributed by atoms with van der Waals surface area (Å²) in [6, 6.07) is 12.1. The highest BCUT2D eigenvalue weighted by atomic mass is 32.2. The second-order valence-electron chi connectivity index (χ2n) is 5.19. The lowest BCUT2D eigenvalue weighted by molar-refractivity contribution is 0.657. The third kappa shape index (κ3) is 4.23. The van der Waals surface area contributed by atoms with Crippen LogP contribution in [-0.4, -0.2) is 31.0 Å². The summed E-state index contributed by atoms with van der Waals surface area (Å²) in [5, 5.41) is 12.1. The number of nitrogen functional groups attached to an aromatic ring is 1. The maximum atomic E-state index is 5.79. The van der Waals surface area contributed by atoms with E-state index in [4.69, 9.17) is 5.73 Å². The molecule has 0 radical (unpaired) electrons. The summed E-state index contributed by atoms with van der Waals surface area (Å²) in [5.41, 5.74) is 7.08. The van der Waals surface area contributed by atoms with Crippen molar-refractivity contribution in [1.29, 1.82) is 0 Å². The van der Waals surface area contributed by atoms with Gasteiger partial charge in [-0.2, -0.15) is 0 Å².